The third-order valence-electron chi connectivity index (χ3n) is 3.74. The van der Waals surface area contributed by atoms with Crippen LogP contribution in [0.4, 0.5) is 0 Å². The molecule has 4 heteroatoms. The maximum absolute atomic E-state index is 11.0. The van der Waals surface area contributed by atoms with Gasteiger partial charge in [-0.25, -0.2) is 0 Å². The molecule has 0 unspecified atom stereocenters. The van der Waals surface area contributed by atoms with Crippen LogP contribution in [-0.2, 0) is 4.79 Å². The number of carboxylic acid groups (broad SMARTS) is 1. The van der Waals surface area contributed by atoms with E-state index in [9.17, 15) is 4.79 Å². The van der Waals surface area contributed by atoms with Gasteiger partial charge in [0.25, 0.3) is 0 Å². The molecule has 2 aliphatic rings. The Balaban J connectivity index is 2.00. The molecule has 0 spiro atoms. The molecule has 0 aromatic rings. The predicted molar refractivity (Wildman–Crippen MR) is 62.5 cm³/mol. The highest BCUT2D eigenvalue weighted by molar-refractivity contribution is 5.69. The number of aliphatic carboxylic acids is 1. The lowest BCUT2D eigenvalue weighted by Gasteiger charge is -2.50. The molecule has 1 saturated carbocycles. The molecule has 2 rings (SSSR count). The van der Waals surface area contributed by atoms with Gasteiger partial charge in [0, 0.05) is 19.1 Å². The lowest BCUT2D eigenvalue weighted by molar-refractivity contribution is -0.142. The van der Waals surface area contributed by atoms with Crippen molar-refractivity contribution in [3.8, 4) is 0 Å². The van der Waals surface area contributed by atoms with Gasteiger partial charge in [-0.05, 0) is 25.8 Å². The van der Waals surface area contributed by atoms with Gasteiger partial charge < -0.3 is 10.4 Å². The summed E-state index contributed by atoms with van der Waals surface area (Å²) in [4.78, 5) is 13.4. The molecule has 2 N–H and O–H groups in total. The Morgan fingerprint density at radius 3 is 2.56 bits per heavy atom. The number of carbonyl (C=O) groups is 1. The maximum atomic E-state index is 11.0. The summed E-state index contributed by atoms with van der Waals surface area (Å²) in [6, 6.07) is 0.660. The monoisotopic (exact) mass is 226 g/mol. The second-order valence-electron chi connectivity index (χ2n) is 5.18. The Morgan fingerprint density at radius 2 is 2.19 bits per heavy atom. The van der Waals surface area contributed by atoms with Crippen LogP contribution in [0.5, 0.6) is 0 Å². The van der Waals surface area contributed by atoms with Crippen molar-refractivity contribution in [1.29, 1.82) is 0 Å². The fourth-order valence-corrected chi connectivity index (χ4v) is 2.65. The van der Waals surface area contributed by atoms with Gasteiger partial charge in [-0.15, -0.1) is 0 Å². The zero-order chi connectivity index (χ0) is 11.6. The van der Waals surface area contributed by atoms with E-state index in [-0.39, 0.29) is 5.54 Å². The summed E-state index contributed by atoms with van der Waals surface area (Å²) in [6.45, 7) is 4.95. The highest BCUT2D eigenvalue weighted by Crippen LogP contribution is 2.37. The topological polar surface area (TPSA) is 52.6 Å². The number of unbranched alkanes of at least 4 members (excludes halogenated alkanes) is 1. The Labute approximate surface area is 97.0 Å². The third-order valence-corrected chi connectivity index (χ3v) is 3.74. The lowest BCUT2D eigenvalue weighted by atomic mass is 9.86. The van der Waals surface area contributed by atoms with Crippen LogP contribution < -0.4 is 5.32 Å². The average molecular weight is 226 g/mol. The van der Waals surface area contributed by atoms with Crippen LogP contribution in [0.2, 0.25) is 0 Å². The summed E-state index contributed by atoms with van der Waals surface area (Å²) in [5.74, 6) is -0.663. The van der Waals surface area contributed by atoms with E-state index in [0.29, 0.717) is 12.5 Å². The number of nitrogens with one attached hydrogen (secondary N) is 1. The van der Waals surface area contributed by atoms with Crippen molar-refractivity contribution < 1.29 is 9.90 Å². The van der Waals surface area contributed by atoms with Gasteiger partial charge in [-0.2, -0.15) is 0 Å². The summed E-state index contributed by atoms with van der Waals surface area (Å²) in [5.41, 5.74) is -0.0812. The molecule has 92 valence electrons. The zero-order valence-corrected chi connectivity index (χ0v) is 10.0. The summed E-state index contributed by atoms with van der Waals surface area (Å²) in [5, 5.41) is 12.3. The molecule has 16 heavy (non-hydrogen) atoms. The lowest BCUT2D eigenvalue weighted by Crippen LogP contribution is -2.70. The Morgan fingerprint density at radius 1 is 1.50 bits per heavy atom. The van der Waals surface area contributed by atoms with E-state index in [2.05, 4.69) is 17.1 Å². The van der Waals surface area contributed by atoms with Crippen LogP contribution in [0, 0.1) is 0 Å². The predicted octanol–water partition coefficient (Wildman–Crippen LogP) is 1.07. The van der Waals surface area contributed by atoms with Crippen molar-refractivity contribution >= 4 is 5.97 Å². The first-order valence-electron chi connectivity index (χ1n) is 6.37. The van der Waals surface area contributed by atoms with Gasteiger partial charge in [0.05, 0.1) is 12.0 Å². The normalized spacial score (nSPS) is 23.1. The van der Waals surface area contributed by atoms with Crippen molar-refractivity contribution in [3.05, 3.63) is 0 Å². The Hall–Kier alpha value is -0.610. The van der Waals surface area contributed by atoms with Crippen molar-refractivity contribution in [2.24, 2.45) is 0 Å². The largest absolute Gasteiger partial charge is 0.481 e. The second-order valence-corrected chi connectivity index (χ2v) is 5.18. The first kappa shape index (κ1) is 11.9. The minimum absolute atomic E-state index is 0.0812. The molecule has 0 amide bonds. The molecule has 0 aromatic carbocycles. The first-order valence-corrected chi connectivity index (χ1v) is 6.37. The smallest absolute Gasteiger partial charge is 0.305 e. The quantitative estimate of drug-likeness (QED) is 0.682. The van der Waals surface area contributed by atoms with Gasteiger partial charge in [0.1, 0.15) is 0 Å². The van der Waals surface area contributed by atoms with E-state index in [1.165, 1.54) is 25.7 Å². The van der Waals surface area contributed by atoms with E-state index < -0.39 is 5.97 Å². The van der Waals surface area contributed by atoms with Gasteiger partial charge in [-0.1, -0.05) is 13.3 Å². The fraction of sp³-hybridized carbons (Fsp3) is 0.917. The van der Waals surface area contributed by atoms with Gasteiger partial charge in [-0.3, -0.25) is 9.69 Å². The SMILES string of the molecule is CCCCN(C1CC1)C1(CC(=O)O)CNC1. The molecule has 0 aromatic heterocycles. The number of nitrogens with zero attached hydrogens (tertiary/aromatic N) is 1. The van der Waals surface area contributed by atoms with Crippen LogP contribution in [0.1, 0.15) is 39.0 Å². The molecular weight excluding hydrogens is 204 g/mol. The third kappa shape index (κ3) is 2.38. The van der Waals surface area contributed by atoms with Crippen LogP contribution in [0.25, 0.3) is 0 Å². The van der Waals surface area contributed by atoms with E-state index in [4.69, 9.17) is 5.11 Å². The highest BCUT2D eigenvalue weighted by atomic mass is 16.4. The van der Waals surface area contributed by atoms with Crippen molar-refractivity contribution in [3.63, 3.8) is 0 Å². The Kier molecular flexibility index (Phi) is 3.50. The minimum Gasteiger partial charge on any atom is -0.481 e. The molecule has 4 nitrogen and oxygen atoms in total. The molecule has 1 saturated heterocycles. The van der Waals surface area contributed by atoms with Crippen LogP contribution in [-0.4, -0.2) is 47.2 Å². The minimum atomic E-state index is -0.663. The van der Waals surface area contributed by atoms with Crippen LogP contribution in [0.3, 0.4) is 0 Å². The maximum Gasteiger partial charge on any atom is 0.305 e. The van der Waals surface area contributed by atoms with E-state index >= 15 is 0 Å². The first-order chi connectivity index (χ1) is 7.68. The van der Waals surface area contributed by atoms with Gasteiger partial charge in [0.15, 0.2) is 0 Å². The van der Waals surface area contributed by atoms with Crippen molar-refractivity contribution in [1.82, 2.24) is 10.2 Å². The molecule has 1 aliphatic heterocycles. The van der Waals surface area contributed by atoms with Crippen LogP contribution in [0.15, 0.2) is 0 Å². The van der Waals surface area contributed by atoms with Crippen molar-refractivity contribution in [2.75, 3.05) is 19.6 Å². The number of hydrogen-bond acceptors (Lipinski definition) is 3. The Bertz CT molecular complexity index is 260. The number of rotatable bonds is 7. The van der Waals surface area contributed by atoms with E-state index in [0.717, 1.165) is 19.6 Å². The fourth-order valence-electron chi connectivity index (χ4n) is 2.65. The standard InChI is InChI=1S/C12H22N2O2/c1-2-3-6-14(10-4-5-10)12(7-11(15)16)8-13-9-12/h10,13H,2-9H2,1H3,(H,15,16). The molecule has 0 radical (unpaired) electrons. The molecular formula is C12H22N2O2. The molecule has 0 atom stereocenters. The zero-order valence-electron chi connectivity index (χ0n) is 10.0. The van der Waals surface area contributed by atoms with E-state index in [1.54, 1.807) is 0 Å². The molecule has 2 fully saturated rings. The van der Waals surface area contributed by atoms with Crippen LogP contribution >= 0.6 is 0 Å². The average Bonchev–Trinajstić information content (AvgIpc) is 2.97. The summed E-state index contributed by atoms with van der Waals surface area (Å²) in [6.07, 6.45) is 5.16. The summed E-state index contributed by atoms with van der Waals surface area (Å²) in [7, 11) is 0. The molecule has 1 heterocycles. The van der Waals surface area contributed by atoms with Gasteiger partial charge >= 0.3 is 5.97 Å². The number of hydrogen-bond donors (Lipinski definition) is 2. The molecule has 0 bridgehead atoms. The van der Waals surface area contributed by atoms with Gasteiger partial charge in [0.2, 0.25) is 0 Å². The summed E-state index contributed by atoms with van der Waals surface area (Å²) < 4.78 is 0. The van der Waals surface area contributed by atoms with E-state index in [1.807, 2.05) is 0 Å². The van der Waals surface area contributed by atoms with Crippen molar-refractivity contribution in [2.45, 2.75) is 50.6 Å². The summed E-state index contributed by atoms with van der Waals surface area (Å²) >= 11 is 0. The number of carboxylic acids is 1. The highest BCUT2D eigenvalue weighted by Gasteiger charge is 2.48. The second kappa shape index (κ2) is 4.72. The molecule has 1 aliphatic carbocycles.